The van der Waals surface area contributed by atoms with Crippen LogP contribution < -0.4 is 4.90 Å². The van der Waals surface area contributed by atoms with E-state index in [9.17, 15) is 0 Å². The molecule has 0 atom stereocenters. The van der Waals surface area contributed by atoms with Gasteiger partial charge in [0.15, 0.2) is 0 Å². The van der Waals surface area contributed by atoms with Gasteiger partial charge in [0.1, 0.15) is 0 Å². The van der Waals surface area contributed by atoms with Gasteiger partial charge in [0.05, 0.1) is 21.5 Å². The van der Waals surface area contributed by atoms with Crippen molar-refractivity contribution in [2.24, 2.45) is 0 Å². The van der Waals surface area contributed by atoms with E-state index in [2.05, 4.69) is 207 Å². The van der Waals surface area contributed by atoms with Crippen LogP contribution in [0.3, 0.4) is 0 Å². The van der Waals surface area contributed by atoms with Gasteiger partial charge in [-0.15, -0.1) is 11.3 Å². The molecule has 0 unspecified atom stereocenters. The number of nitrogens with zero attached hydrogens (tertiary/aromatic N) is 1. The molecular weight excluding hydrogens is 671 g/mol. The zero-order chi connectivity index (χ0) is 36.0. The zero-order valence-electron chi connectivity index (χ0n) is 30.3. The number of fused-ring (bicyclic) bond motifs is 9. The highest BCUT2D eigenvalue weighted by Crippen LogP contribution is 2.59. The van der Waals surface area contributed by atoms with E-state index in [0.29, 0.717) is 0 Å². The predicted molar refractivity (Wildman–Crippen MR) is 229 cm³/mol. The van der Waals surface area contributed by atoms with Crippen LogP contribution in [0, 0.1) is 0 Å². The summed E-state index contributed by atoms with van der Waals surface area (Å²) < 4.78 is 2.58. The third-order valence-corrected chi connectivity index (χ3v) is 13.3. The van der Waals surface area contributed by atoms with Gasteiger partial charge in [0.2, 0.25) is 0 Å². The van der Waals surface area contributed by atoms with Gasteiger partial charge in [-0.25, -0.2) is 0 Å². The van der Waals surface area contributed by atoms with Crippen molar-refractivity contribution in [1.82, 2.24) is 0 Å². The maximum atomic E-state index is 2.52. The molecule has 2 aliphatic carbocycles. The first-order chi connectivity index (χ1) is 26.6. The van der Waals surface area contributed by atoms with Crippen LogP contribution in [0.25, 0.3) is 42.4 Å². The minimum absolute atomic E-state index is 0.0948. The summed E-state index contributed by atoms with van der Waals surface area (Å²) in [5.41, 5.74) is 16.3. The Hall–Kier alpha value is -6.22. The van der Waals surface area contributed by atoms with Crippen molar-refractivity contribution in [3.05, 3.63) is 221 Å². The third kappa shape index (κ3) is 4.15. The van der Waals surface area contributed by atoms with Crippen LogP contribution in [0.1, 0.15) is 47.2 Å². The number of hydrogen-bond donors (Lipinski definition) is 0. The molecule has 256 valence electrons. The normalized spacial score (nSPS) is 14.4. The second-order valence-corrected chi connectivity index (χ2v) is 16.2. The Balaban J connectivity index is 1.23. The quantitative estimate of drug-likeness (QED) is 0.172. The molecule has 9 aromatic rings. The van der Waals surface area contributed by atoms with E-state index in [1.54, 1.807) is 0 Å². The molecule has 2 heteroatoms. The molecule has 0 N–H and O–H groups in total. The van der Waals surface area contributed by atoms with Crippen LogP contribution in [0.4, 0.5) is 17.1 Å². The van der Waals surface area contributed by atoms with Crippen LogP contribution in [0.5, 0.6) is 0 Å². The molecule has 1 aromatic heterocycles. The molecular formula is C52H37NS. The van der Waals surface area contributed by atoms with E-state index in [0.717, 1.165) is 5.69 Å². The summed E-state index contributed by atoms with van der Waals surface area (Å²) >= 11 is 1.91. The molecule has 8 aromatic carbocycles. The molecule has 1 heterocycles. The van der Waals surface area contributed by atoms with Crippen molar-refractivity contribution < 1.29 is 0 Å². The Morgan fingerprint density at radius 3 is 1.69 bits per heavy atom. The Kier molecular flexibility index (Phi) is 6.75. The molecule has 2 aliphatic rings. The summed E-state index contributed by atoms with van der Waals surface area (Å²) in [6.07, 6.45) is 0. The van der Waals surface area contributed by atoms with Gasteiger partial charge in [-0.05, 0) is 80.4 Å². The monoisotopic (exact) mass is 707 g/mol. The van der Waals surface area contributed by atoms with Gasteiger partial charge >= 0.3 is 0 Å². The van der Waals surface area contributed by atoms with E-state index in [-0.39, 0.29) is 5.41 Å². The van der Waals surface area contributed by atoms with Gasteiger partial charge < -0.3 is 4.90 Å². The summed E-state index contributed by atoms with van der Waals surface area (Å²) in [5, 5.41) is 2.61. The van der Waals surface area contributed by atoms with Crippen LogP contribution in [0.15, 0.2) is 188 Å². The van der Waals surface area contributed by atoms with E-state index < -0.39 is 5.41 Å². The van der Waals surface area contributed by atoms with Crippen molar-refractivity contribution in [2.45, 2.75) is 24.7 Å². The number of rotatable bonds is 5. The molecule has 0 spiro atoms. The minimum Gasteiger partial charge on any atom is -0.308 e. The van der Waals surface area contributed by atoms with Gasteiger partial charge in [-0.3, -0.25) is 0 Å². The highest BCUT2D eigenvalue weighted by Gasteiger charge is 2.47. The fourth-order valence-electron chi connectivity index (χ4n) is 9.91. The van der Waals surface area contributed by atoms with Crippen LogP contribution in [-0.4, -0.2) is 0 Å². The summed E-state index contributed by atoms with van der Waals surface area (Å²) in [6.45, 7) is 4.73. The van der Waals surface area contributed by atoms with Crippen LogP contribution in [-0.2, 0) is 10.8 Å². The zero-order valence-corrected chi connectivity index (χ0v) is 31.1. The Morgan fingerprint density at radius 2 is 0.963 bits per heavy atom. The maximum absolute atomic E-state index is 2.52. The number of para-hydroxylation sites is 1. The topological polar surface area (TPSA) is 3.24 Å². The Morgan fingerprint density at radius 1 is 0.426 bits per heavy atom. The first kappa shape index (κ1) is 31.3. The standard InChI is InChI=1S/C52H37NS/c1-51(2)40-26-12-11-24-38(40)48-43(51)29-16-31-45(48)53(35-20-7-4-8-21-35)46-32-15-25-39-49-44(30-17-33-47(49)54-50(39)46)52(34-18-5-3-6-19-34)41-27-13-9-22-36(41)37-23-10-14-28-42(37)52/h3-33H,1-2H3. The summed E-state index contributed by atoms with van der Waals surface area (Å²) in [4.78, 5) is 2.52. The number of hydrogen-bond acceptors (Lipinski definition) is 2. The lowest BCUT2D eigenvalue weighted by Crippen LogP contribution is -2.28. The molecule has 0 bridgehead atoms. The molecule has 0 saturated carbocycles. The van der Waals surface area contributed by atoms with Gasteiger partial charge in [0.25, 0.3) is 0 Å². The highest BCUT2D eigenvalue weighted by molar-refractivity contribution is 7.26. The van der Waals surface area contributed by atoms with Crippen LogP contribution >= 0.6 is 11.3 Å². The first-order valence-electron chi connectivity index (χ1n) is 18.9. The lowest BCUT2D eigenvalue weighted by Gasteiger charge is -2.34. The van der Waals surface area contributed by atoms with Crippen molar-refractivity contribution in [3.8, 4) is 22.3 Å². The van der Waals surface area contributed by atoms with Crippen molar-refractivity contribution in [2.75, 3.05) is 4.90 Å². The Labute approximate surface area is 320 Å². The minimum atomic E-state index is -0.480. The van der Waals surface area contributed by atoms with Crippen molar-refractivity contribution in [1.29, 1.82) is 0 Å². The predicted octanol–water partition coefficient (Wildman–Crippen LogP) is 14.2. The summed E-state index contributed by atoms with van der Waals surface area (Å²) in [6, 6.07) is 70.0. The van der Waals surface area contributed by atoms with E-state index >= 15 is 0 Å². The first-order valence-corrected chi connectivity index (χ1v) is 19.7. The molecule has 1 nitrogen and oxygen atoms in total. The molecule has 0 saturated heterocycles. The van der Waals surface area contributed by atoms with Crippen LogP contribution in [0.2, 0.25) is 0 Å². The van der Waals surface area contributed by atoms with E-state index in [1.807, 2.05) is 11.3 Å². The van der Waals surface area contributed by atoms with Crippen molar-refractivity contribution >= 4 is 48.6 Å². The smallest absolute Gasteiger partial charge is 0.0720 e. The fraction of sp³-hybridized carbons (Fsp3) is 0.0769. The van der Waals surface area contributed by atoms with Gasteiger partial charge in [-0.1, -0.05) is 172 Å². The molecule has 0 amide bonds. The molecule has 0 fully saturated rings. The molecule has 54 heavy (non-hydrogen) atoms. The summed E-state index contributed by atoms with van der Waals surface area (Å²) in [7, 11) is 0. The average molecular weight is 708 g/mol. The summed E-state index contributed by atoms with van der Waals surface area (Å²) in [5.74, 6) is 0. The van der Waals surface area contributed by atoms with Gasteiger partial charge in [0, 0.05) is 32.1 Å². The number of thiophene rings is 1. The largest absolute Gasteiger partial charge is 0.308 e. The molecule has 11 rings (SSSR count). The lowest BCUT2D eigenvalue weighted by molar-refractivity contribution is 0.660. The number of anilines is 3. The van der Waals surface area contributed by atoms with E-state index in [1.165, 1.54) is 87.2 Å². The second kappa shape index (κ2) is 11.6. The van der Waals surface area contributed by atoms with Gasteiger partial charge in [-0.2, -0.15) is 0 Å². The maximum Gasteiger partial charge on any atom is 0.0720 e. The third-order valence-electron chi connectivity index (χ3n) is 12.1. The number of benzene rings is 8. The molecule has 0 aliphatic heterocycles. The SMILES string of the molecule is CC1(C)c2ccccc2-c2c(N(c3ccccc3)c3cccc4c3sc3cccc(C5(c6ccccc6)c6ccccc6-c6ccccc65)c34)cccc21. The second-order valence-electron chi connectivity index (χ2n) is 15.2. The van der Waals surface area contributed by atoms with Crippen molar-refractivity contribution in [3.63, 3.8) is 0 Å². The molecule has 0 radical (unpaired) electrons. The lowest BCUT2D eigenvalue weighted by atomic mass is 9.66. The fourth-order valence-corrected chi connectivity index (χ4v) is 11.1. The highest BCUT2D eigenvalue weighted by atomic mass is 32.1. The van der Waals surface area contributed by atoms with E-state index in [4.69, 9.17) is 0 Å². The average Bonchev–Trinajstić information content (AvgIpc) is 3.84. The Bertz CT molecular complexity index is 2870.